The van der Waals surface area contributed by atoms with Gasteiger partial charge in [-0.3, -0.25) is 4.99 Å². The zero-order valence-electron chi connectivity index (χ0n) is 11.9. The quantitative estimate of drug-likeness (QED) is 0.763. The van der Waals surface area contributed by atoms with Gasteiger partial charge in [0.05, 0.1) is 18.5 Å². The topological polar surface area (TPSA) is 37.4 Å². The molecule has 0 fully saturated rings. The SMILES string of the molecule is COc1ccc2[nH]c3c(c2c1)CCN=C3c1ccccc1. The van der Waals surface area contributed by atoms with Crippen LogP contribution in [-0.4, -0.2) is 24.4 Å². The summed E-state index contributed by atoms with van der Waals surface area (Å²) in [5.41, 5.74) is 5.86. The lowest BCUT2D eigenvalue weighted by atomic mass is 9.98. The van der Waals surface area contributed by atoms with E-state index in [0.29, 0.717) is 0 Å². The number of H-pyrrole nitrogens is 1. The maximum Gasteiger partial charge on any atom is 0.119 e. The molecule has 1 aliphatic heterocycles. The molecule has 0 aliphatic carbocycles. The van der Waals surface area contributed by atoms with Crippen molar-refractivity contribution in [1.29, 1.82) is 0 Å². The Labute approximate surface area is 123 Å². The van der Waals surface area contributed by atoms with Gasteiger partial charge in [0.1, 0.15) is 5.75 Å². The summed E-state index contributed by atoms with van der Waals surface area (Å²) in [6.07, 6.45) is 0.971. The van der Waals surface area contributed by atoms with Gasteiger partial charge in [-0.25, -0.2) is 0 Å². The second kappa shape index (κ2) is 4.77. The van der Waals surface area contributed by atoms with E-state index in [1.54, 1.807) is 7.11 Å². The first-order valence-corrected chi connectivity index (χ1v) is 7.15. The van der Waals surface area contributed by atoms with Crippen LogP contribution in [0.4, 0.5) is 0 Å². The van der Waals surface area contributed by atoms with E-state index in [4.69, 9.17) is 9.73 Å². The van der Waals surface area contributed by atoms with Gasteiger partial charge in [-0.2, -0.15) is 0 Å². The van der Waals surface area contributed by atoms with Crippen LogP contribution < -0.4 is 4.74 Å². The fourth-order valence-corrected chi connectivity index (χ4v) is 3.01. The van der Waals surface area contributed by atoms with Crippen molar-refractivity contribution in [3.05, 3.63) is 65.4 Å². The molecule has 3 heteroatoms. The second-order valence-corrected chi connectivity index (χ2v) is 5.24. The van der Waals surface area contributed by atoms with Crippen LogP contribution in [0.15, 0.2) is 53.5 Å². The molecule has 3 nitrogen and oxygen atoms in total. The number of benzene rings is 2. The number of nitrogens with zero attached hydrogens (tertiary/aromatic N) is 1. The standard InChI is InChI=1S/C18H16N2O/c1-21-13-7-8-16-15(11-13)14-9-10-19-17(18(14)20-16)12-5-3-2-4-6-12/h2-8,11,20H,9-10H2,1H3. The van der Waals surface area contributed by atoms with E-state index in [-0.39, 0.29) is 0 Å². The maximum absolute atomic E-state index is 5.35. The number of aromatic nitrogens is 1. The molecule has 4 rings (SSSR count). The van der Waals surface area contributed by atoms with Crippen molar-refractivity contribution in [2.45, 2.75) is 6.42 Å². The minimum Gasteiger partial charge on any atom is -0.497 e. The normalized spacial score (nSPS) is 13.9. The number of hydrogen-bond donors (Lipinski definition) is 1. The van der Waals surface area contributed by atoms with Crippen LogP contribution in [0.3, 0.4) is 0 Å². The lowest BCUT2D eigenvalue weighted by Crippen LogP contribution is -2.13. The van der Waals surface area contributed by atoms with Gasteiger partial charge in [0, 0.05) is 23.0 Å². The maximum atomic E-state index is 5.35. The first kappa shape index (κ1) is 12.2. The number of rotatable bonds is 2. The van der Waals surface area contributed by atoms with E-state index < -0.39 is 0 Å². The number of aromatic amines is 1. The van der Waals surface area contributed by atoms with Crippen LogP contribution in [0.2, 0.25) is 0 Å². The fourth-order valence-electron chi connectivity index (χ4n) is 3.01. The summed E-state index contributed by atoms with van der Waals surface area (Å²) < 4.78 is 5.35. The molecule has 104 valence electrons. The van der Waals surface area contributed by atoms with E-state index in [9.17, 15) is 0 Å². The van der Waals surface area contributed by atoms with Gasteiger partial charge in [-0.05, 0) is 30.2 Å². The van der Waals surface area contributed by atoms with E-state index >= 15 is 0 Å². The molecular formula is C18H16N2O. The van der Waals surface area contributed by atoms with Crippen molar-refractivity contribution in [2.24, 2.45) is 4.99 Å². The van der Waals surface area contributed by atoms with Gasteiger partial charge in [0.15, 0.2) is 0 Å². The highest BCUT2D eigenvalue weighted by atomic mass is 16.5. The summed E-state index contributed by atoms with van der Waals surface area (Å²) in [7, 11) is 1.71. The van der Waals surface area contributed by atoms with Crippen LogP contribution in [0, 0.1) is 0 Å². The van der Waals surface area contributed by atoms with Crippen molar-refractivity contribution >= 4 is 16.6 Å². The lowest BCUT2D eigenvalue weighted by molar-refractivity contribution is 0.415. The van der Waals surface area contributed by atoms with Crippen molar-refractivity contribution in [3.63, 3.8) is 0 Å². The van der Waals surface area contributed by atoms with Gasteiger partial charge >= 0.3 is 0 Å². The van der Waals surface area contributed by atoms with Crippen molar-refractivity contribution in [1.82, 2.24) is 4.98 Å². The number of methoxy groups -OCH3 is 1. The Morgan fingerprint density at radius 1 is 1.10 bits per heavy atom. The Hall–Kier alpha value is -2.55. The van der Waals surface area contributed by atoms with E-state index in [0.717, 1.165) is 41.2 Å². The Balaban J connectivity index is 1.92. The summed E-state index contributed by atoms with van der Waals surface area (Å²) in [5, 5.41) is 1.24. The summed E-state index contributed by atoms with van der Waals surface area (Å²) >= 11 is 0. The number of aliphatic imine (C=N–C) groups is 1. The summed E-state index contributed by atoms with van der Waals surface area (Å²) in [4.78, 5) is 8.26. The number of fused-ring (bicyclic) bond motifs is 3. The smallest absolute Gasteiger partial charge is 0.119 e. The molecule has 0 amide bonds. The zero-order chi connectivity index (χ0) is 14.2. The molecule has 1 aliphatic rings. The third-order valence-electron chi connectivity index (χ3n) is 4.03. The van der Waals surface area contributed by atoms with Crippen LogP contribution in [-0.2, 0) is 6.42 Å². The number of ether oxygens (including phenoxy) is 1. The molecule has 1 aromatic heterocycles. The molecule has 21 heavy (non-hydrogen) atoms. The molecule has 0 atom stereocenters. The molecule has 1 N–H and O–H groups in total. The Kier molecular flexibility index (Phi) is 2.78. The predicted octanol–water partition coefficient (Wildman–Crippen LogP) is 3.57. The molecule has 0 saturated carbocycles. The highest BCUT2D eigenvalue weighted by Gasteiger charge is 2.20. The summed E-state index contributed by atoms with van der Waals surface area (Å²) in [5.74, 6) is 0.896. The zero-order valence-corrected chi connectivity index (χ0v) is 11.9. The molecule has 0 saturated heterocycles. The van der Waals surface area contributed by atoms with E-state index in [1.807, 2.05) is 12.1 Å². The molecule has 3 aromatic rings. The van der Waals surface area contributed by atoms with E-state index in [2.05, 4.69) is 41.4 Å². The fraction of sp³-hybridized carbons (Fsp3) is 0.167. The van der Waals surface area contributed by atoms with Gasteiger partial charge in [0.25, 0.3) is 0 Å². The van der Waals surface area contributed by atoms with Crippen molar-refractivity contribution in [3.8, 4) is 5.75 Å². The van der Waals surface area contributed by atoms with Gasteiger partial charge in [-0.1, -0.05) is 30.3 Å². The van der Waals surface area contributed by atoms with Gasteiger partial charge in [-0.15, -0.1) is 0 Å². The lowest BCUT2D eigenvalue weighted by Gasteiger charge is -2.13. The molecule has 0 spiro atoms. The number of nitrogens with one attached hydrogen (secondary N) is 1. The Morgan fingerprint density at radius 3 is 2.76 bits per heavy atom. The van der Waals surface area contributed by atoms with Crippen LogP contribution in [0.5, 0.6) is 5.75 Å². The highest BCUT2D eigenvalue weighted by Crippen LogP contribution is 2.30. The predicted molar refractivity (Wildman–Crippen MR) is 85.5 cm³/mol. The Bertz CT molecular complexity index is 831. The first-order valence-electron chi connectivity index (χ1n) is 7.15. The first-order chi connectivity index (χ1) is 10.4. The average molecular weight is 276 g/mol. The van der Waals surface area contributed by atoms with Gasteiger partial charge in [0.2, 0.25) is 0 Å². The molecule has 0 bridgehead atoms. The van der Waals surface area contributed by atoms with E-state index in [1.165, 1.54) is 10.9 Å². The molecule has 2 heterocycles. The minimum absolute atomic E-state index is 0.835. The molecular weight excluding hydrogens is 260 g/mol. The van der Waals surface area contributed by atoms with Crippen molar-refractivity contribution in [2.75, 3.05) is 13.7 Å². The monoisotopic (exact) mass is 276 g/mol. The summed E-state index contributed by atoms with van der Waals surface area (Å²) in [6, 6.07) is 16.5. The molecule has 0 unspecified atom stereocenters. The Morgan fingerprint density at radius 2 is 1.95 bits per heavy atom. The van der Waals surface area contributed by atoms with Crippen LogP contribution in [0.25, 0.3) is 10.9 Å². The number of hydrogen-bond acceptors (Lipinski definition) is 2. The van der Waals surface area contributed by atoms with Gasteiger partial charge < -0.3 is 9.72 Å². The highest BCUT2D eigenvalue weighted by molar-refractivity contribution is 6.15. The van der Waals surface area contributed by atoms with Crippen molar-refractivity contribution < 1.29 is 4.74 Å². The average Bonchev–Trinajstić information content (AvgIpc) is 2.93. The molecule has 0 radical (unpaired) electrons. The minimum atomic E-state index is 0.835. The second-order valence-electron chi connectivity index (χ2n) is 5.24. The van der Waals surface area contributed by atoms with Crippen LogP contribution >= 0.6 is 0 Å². The van der Waals surface area contributed by atoms with Crippen LogP contribution in [0.1, 0.15) is 16.8 Å². The molecule has 2 aromatic carbocycles. The third-order valence-corrected chi connectivity index (χ3v) is 4.03. The summed E-state index contributed by atoms with van der Waals surface area (Å²) in [6.45, 7) is 0.835. The third kappa shape index (κ3) is 1.93. The largest absolute Gasteiger partial charge is 0.497 e.